The van der Waals surface area contributed by atoms with Gasteiger partial charge in [0.2, 0.25) is 0 Å². The van der Waals surface area contributed by atoms with E-state index >= 15 is 0 Å². The fourth-order valence-electron chi connectivity index (χ4n) is 18.2. The molecule has 0 atom stereocenters. The highest BCUT2D eigenvalue weighted by Crippen LogP contribution is 2.39. The maximum atomic E-state index is 11.9. The maximum absolute atomic E-state index is 11.9. The highest BCUT2D eigenvalue weighted by atomic mass is 79.9. The molecule has 0 spiro atoms. The van der Waals surface area contributed by atoms with Gasteiger partial charge in [0.25, 0.3) is 6.54 Å². The second-order valence-electron chi connectivity index (χ2n) is 35.6. The number of carboxylic acid groups (broad SMARTS) is 1. The molecule has 7 N–H and O–H groups in total. The van der Waals surface area contributed by atoms with Crippen LogP contribution in [0.5, 0.6) is 0 Å². The molecular weight excluding hydrogens is 1790 g/mol. The Labute approximate surface area is 827 Å². The van der Waals surface area contributed by atoms with Gasteiger partial charge in [-0.25, -0.2) is 57.8 Å². The van der Waals surface area contributed by atoms with Crippen molar-refractivity contribution in [1.82, 2.24) is 68.4 Å². The van der Waals surface area contributed by atoms with E-state index in [2.05, 4.69) is 292 Å². The Morgan fingerprint density at radius 2 is 0.791 bits per heavy atom. The van der Waals surface area contributed by atoms with Gasteiger partial charge in [0.15, 0.2) is 0 Å². The zero-order valence-corrected chi connectivity index (χ0v) is 84.5. The first kappa shape index (κ1) is 102. The fourth-order valence-corrected chi connectivity index (χ4v) is 18.6. The van der Waals surface area contributed by atoms with Gasteiger partial charge in [0.05, 0.1) is 72.2 Å². The van der Waals surface area contributed by atoms with Crippen LogP contribution in [0.1, 0.15) is 193 Å². The minimum absolute atomic E-state index is 0.0666. The van der Waals surface area contributed by atoms with Crippen LogP contribution in [0, 0.1) is 13.1 Å². The van der Waals surface area contributed by atoms with Gasteiger partial charge in [0.1, 0.15) is 45.3 Å². The number of aryl methyl sites for hydroxylation is 10. The molecule has 0 fully saturated rings. The second kappa shape index (κ2) is 49.6. The van der Waals surface area contributed by atoms with Gasteiger partial charge in [-0.3, -0.25) is 4.79 Å². The molecule has 6 aromatic carbocycles. The van der Waals surface area contributed by atoms with E-state index in [-0.39, 0.29) is 12.5 Å². The van der Waals surface area contributed by atoms with Gasteiger partial charge in [-0.15, -0.1) is 0 Å². The number of aromatic nitrogens is 12. The lowest BCUT2D eigenvalue weighted by atomic mass is 9.92. The first-order chi connectivity index (χ1) is 67.4. The largest absolute Gasteiger partial charge is 0.476 e. The number of allylic oxidation sites excluding steroid dienone is 6. The summed E-state index contributed by atoms with van der Waals surface area (Å²) in [7, 11) is 14.2. The Kier molecular flexibility index (Phi) is 36.4. The first-order valence-electron chi connectivity index (χ1n) is 48.8. The molecule has 0 radical (unpaired) electrons. The number of anilines is 10. The van der Waals surface area contributed by atoms with Gasteiger partial charge in [-0.1, -0.05) is 118 Å². The third-order valence-corrected chi connectivity index (χ3v) is 26.9. The number of nitrogen functional groups attached to an aromatic ring is 2. The molecule has 14 aromatic rings. The average molecular weight is 1930 g/mol. The highest BCUT2D eigenvalue weighted by Gasteiger charge is 2.24. The number of rotatable bonds is 21. The van der Waals surface area contributed by atoms with Crippen molar-refractivity contribution in [1.29, 1.82) is 0 Å². The molecule has 2 aliphatic heterocycles. The molecule has 0 unspecified atom stereocenters. The summed E-state index contributed by atoms with van der Waals surface area (Å²) in [4.78, 5) is 71.1. The van der Waals surface area contributed by atoms with Crippen LogP contribution in [0.2, 0.25) is 0 Å². The van der Waals surface area contributed by atoms with Gasteiger partial charge in [-0.05, 0) is 303 Å². The van der Waals surface area contributed by atoms with E-state index in [0.717, 1.165) is 159 Å². The smallest absolute Gasteiger partial charge is 0.384 e. The number of nitrogens with two attached hydrogens (primary N) is 2. The van der Waals surface area contributed by atoms with Crippen LogP contribution < -0.4 is 36.8 Å². The minimum Gasteiger partial charge on any atom is -0.476 e. The van der Waals surface area contributed by atoms with Crippen molar-refractivity contribution in [2.75, 3.05) is 91.9 Å². The molecule has 720 valence electrons. The van der Waals surface area contributed by atoms with Gasteiger partial charge < -0.3 is 74.8 Å². The topological polar surface area (TPSA) is 275 Å². The molecule has 1 amide bonds. The number of benzene rings is 6. The van der Waals surface area contributed by atoms with E-state index in [1.54, 1.807) is 11.2 Å². The van der Waals surface area contributed by atoms with Crippen LogP contribution in [0.15, 0.2) is 218 Å². The molecule has 0 saturated heterocycles. The van der Waals surface area contributed by atoms with E-state index in [1.165, 1.54) is 177 Å². The standard InChI is InChI=1S/C24H26N6O.C22H26N4.C21H25N5.C21H24N4.C14H19N.C8H10BrN.C3H3NO2/c1-5-17-12-19(18-8-10-30(11-9-18)24(31)15-25-2)6-7-21(17)29(4)23-13-22-20(14-26-23)27-16-28(22)3;1-4-16-12-18(17-8-6-5-7-9-17)10-11-20(16)26(3)22-13-21-19(14-23-22)24-15-25(21)2;1-4-15-11-17(16-7-9-22-10-8-16)5-6-19(15)26(3)21-12-20-18(13-23-21)24-14-25(20)2;1-3-15-11-17(16-7-5-4-6-8-16)9-10-18(15)24-21-12-20-19(13-22-21)23-14-25(20)2;1-2-11-10-13(8-9-14(11)15)12-6-4-3-5-7-12;1-2-6-5-7(9)3-4-8(6)10;1-4-2-3(5)6/h6-8,12-14,16H,5,9-11,15H2,1,3-4H3;8,10-15H,4-7,9H2,1-3H3;5-7,11-14,22H,4,8-10H2,1-3H3;7,9-14H,3-6,8H2,1-2H3,(H,22,24);6,8-10H,2-5,7,15H2,1H3;3-5H,2,10H2,1H3;2H2,(H,5,6). The summed E-state index contributed by atoms with van der Waals surface area (Å²) in [6.45, 7) is 28.7. The van der Waals surface area contributed by atoms with Crippen molar-refractivity contribution in [3.63, 3.8) is 0 Å². The van der Waals surface area contributed by atoms with Crippen molar-refractivity contribution < 1.29 is 14.7 Å². The quantitative estimate of drug-likeness (QED) is 0.0330. The van der Waals surface area contributed by atoms with Crippen LogP contribution in [0.4, 0.5) is 57.4 Å². The fraction of sp³-hybridized carbons (Fsp3) is 0.345. The molecule has 5 aliphatic rings. The van der Waals surface area contributed by atoms with Crippen molar-refractivity contribution in [2.24, 2.45) is 28.2 Å². The second-order valence-corrected chi connectivity index (χ2v) is 36.5. The van der Waals surface area contributed by atoms with Gasteiger partial charge in [-0.2, -0.15) is 0 Å². The molecule has 8 aromatic heterocycles. The molecule has 0 saturated carbocycles. The predicted octanol–water partition coefficient (Wildman–Crippen LogP) is 24.4. The normalized spacial score (nSPS) is 13.8. The van der Waals surface area contributed by atoms with E-state index in [1.807, 2.05) is 115 Å². The number of nitrogens with zero attached hydrogens (tertiary/aromatic N) is 18. The molecule has 0 bridgehead atoms. The third kappa shape index (κ3) is 26.3. The molecule has 139 heavy (non-hydrogen) atoms. The summed E-state index contributed by atoms with van der Waals surface area (Å²) < 4.78 is 9.18. The summed E-state index contributed by atoms with van der Waals surface area (Å²) in [6, 6.07) is 47.7. The summed E-state index contributed by atoms with van der Waals surface area (Å²) >= 11 is 3.38. The van der Waals surface area contributed by atoms with E-state index in [0.29, 0.717) is 13.1 Å². The predicted molar refractivity (Wildman–Crippen MR) is 577 cm³/mol. The lowest BCUT2D eigenvalue weighted by Gasteiger charge is -2.26. The summed E-state index contributed by atoms with van der Waals surface area (Å²) in [5.74, 6) is 2.46. The van der Waals surface area contributed by atoms with Crippen molar-refractivity contribution in [2.45, 2.75) is 170 Å². The van der Waals surface area contributed by atoms with Crippen LogP contribution in [-0.4, -0.2) is 140 Å². The number of pyridine rings is 4. The Balaban J connectivity index is 0.000000142. The summed E-state index contributed by atoms with van der Waals surface area (Å²) in [5.41, 5.74) is 47.7. The zero-order chi connectivity index (χ0) is 98.6. The van der Waals surface area contributed by atoms with E-state index in [4.69, 9.17) is 29.7 Å². The van der Waals surface area contributed by atoms with Crippen molar-refractivity contribution in [3.05, 3.63) is 302 Å². The Morgan fingerprint density at radius 1 is 0.424 bits per heavy atom. The molecular formula is C113H133BrN22O3. The molecule has 25 nitrogen and oxygen atoms in total. The molecule has 26 heteroatoms. The third-order valence-electron chi connectivity index (χ3n) is 26.4. The number of amides is 1. The number of hydrogen-bond acceptors (Lipinski definition) is 17. The van der Waals surface area contributed by atoms with Crippen LogP contribution >= 0.6 is 15.9 Å². The number of nitrogens with one attached hydrogen (secondary N) is 2. The highest BCUT2D eigenvalue weighted by molar-refractivity contribution is 9.10. The summed E-state index contributed by atoms with van der Waals surface area (Å²) in [6.07, 6.45) is 49.3. The van der Waals surface area contributed by atoms with Gasteiger partial charge >= 0.3 is 18.4 Å². The number of carboxylic acids is 1. The number of carbonyl (C=O) groups excluding carboxylic acids is 1. The lowest BCUT2D eigenvalue weighted by Crippen LogP contribution is -2.35. The van der Waals surface area contributed by atoms with Crippen LogP contribution in [0.25, 0.3) is 81.7 Å². The lowest BCUT2D eigenvalue weighted by molar-refractivity contribution is -0.134. The van der Waals surface area contributed by atoms with E-state index in [9.17, 15) is 9.59 Å². The molecule has 3 aliphatic carbocycles. The number of imidazole rings is 4. The Hall–Kier alpha value is -14.3. The number of fused-ring (bicyclic) bond motifs is 4. The monoisotopic (exact) mass is 1930 g/mol. The van der Waals surface area contributed by atoms with Crippen molar-refractivity contribution in [3.8, 4) is 0 Å². The number of hydrogen-bond donors (Lipinski definition) is 5. The van der Waals surface area contributed by atoms with E-state index < -0.39 is 12.5 Å². The number of aliphatic carboxylic acids is 1. The molecule has 10 heterocycles. The Morgan fingerprint density at radius 3 is 1.15 bits per heavy atom. The Bertz CT molecular complexity index is 6750. The average Bonchev–Trinajstić information content (AvgIpc) is 1.78. The van der Waals surface area contributed by atoms with Gasteiger partial charge in [0, 0.05) is 132 Å². The first-order valence-corrected chi connectivity index (χ1v) is 49.6. The minimum atomic E-state index is -1.06. The van der Waals surface area contributed by atoms with Crippen LogP contribution in [-0.2, 0) is 76.3 Å². The zero-order valence-electron chi connectivity index (χ0n) is 82.9. The van der Waals surface area contributed by atoms with Crippen molar-refractivity contribution >= 4 is 157 Å². The SMILES string of the molecule is CCc1cc(Br)ccc1N.CCc1cc(C2=CCCCC2)ccc1N.CCc1cc(C2=CCCCC2)ccc1N(C)c1cc2c(cn1)ncn2C.CCc1cc(C2=CCCCC2)ccc1Nc1cc2c(cn1)ncn2C.CCc1cc(C2=CCNCC2)ccc1N(C)c1cc2c(cn1)ncn2C.[C-]#[N+]CC(=O)N1CC=C(c2ccc(N(C)c3cc4c(cn3)ncn4C)c(CC)c2)CC1.[C-]#[N+]CC(=O)O. The molecule has 19 rings (SSSR count). The van der Waals surface area contributed by atoms with Crippen LogP contribution in [0.3, 0.4) is 0 Å². The maximum Gasteiger partial charge on any atom is 0.384 e. The number of halogens is 1. The number of carbonyl (C=O) groups is 2. The summed E-state index contributed by atoms with van der Waals surface area (Å²) in [5, 5.41) is 14.6.